The molecule has 1 amide bonds. The van der Waals surface area contributed by atoms with Crippen LogP contribution in [0.25, 0.3) is 0 Å². The van der Waals surface area contributed by atoms with Gasteiger partial charge in [0.05, 0.1) is 16.6 Å². The number of nitrogens with zero attached hydrogens (tertiary/aromatic N) is 2. The first-order chi connectivity index (χ1) is 14.1. The molecule has 1 N–H and O–H groups in total. The second kappa shape index (κ2) is 9.02. The number of amides is 1. The Kier molecular flexibility index (Phi) is 6.41. The predicted octanol–water partition coefficient (Wildman–Crippen LogP) is 2.37. The minimum atomic E-state index is -3.58. The van der Waals surface area contributed by atoms with E-state index in [0.717, 1.165) is 70.3 Å². The highest BCUT2D eigenvalue weighted by Crippen LogP contribution is 2.29. The summed E-state index contributed by atoms with van der Waals surface area (Å²) in [5.41, 5.74) is 1.27. The van der Waals surface area contributed by atoms with Gasteiger partial charge in [0.1, 0.15) is 0 Å². The molecule has 29 heavy (non-hydrogen) atoms. The number of hydrogen-bond donors (Lipinski definition) is 1. The van der Waals surface area contributed by atoms with E-state index in [1.165, 1.54) is 0 Å². The number of carbonyl (C=O) groups excluding carboxylic acids is 1. The largest absolute Gasteiger partial charge is 0.376 e. The summed E-state index contributed by atoms with van der Waals surface area (Å²) >= 11 is 0. The molecule has 8 heteroatoms. The molecule has 0 spiro atoms. The van der Waals surface area contributed by atoms with E-state index in [4.69, 9.17) is 4.74 Å². The Bertz CT molecular complexity index is 824. The van der Waals surface area contributed by atoms with Crippen molar-refractivity contribution >= 4 is 21.6 Å². The second-order valence-corrected chi connectivity index (χ2v) is 10.1. The lowest BCUT2D eigenvalue weighted by Crippen LogP contribution is -2.36. The third-order valence-electron chi connectivity index (χ3n) is 6.13. The van der Waals surface area contributed by atoms with Crippen molar-refractivity contribution in [3.63, 3.8) is 0 Å². The van der Waals surface area contributed by atoms with Crippen molar-refractivity contribution in [1.82, 2.24) is 9.62 Å². The zero-order chi connectivity index (χ0) is 20.3. The molecule has 0 unspecified atom stereocenters. The lowest BCUT2D eigenvalue weighted by molar-refractivity contribution is 0.0858. The van der Waals surface area contributed by atoms with Gasteiger partial charge in [-0.1, -0.05) is 6.42 Å². The van der Waals surface area contributed by atoms with Crippen LogP contribution in [0.3, 0.4) is 0 Å². The molecule has 1 aromatic rings. The van der Waals surface area contributed by atoms with Gasteiger partial charge in [0, 0.05) is 45.0 Å². The van der Waals surface area contributed by atoms with Crippen LogP contribution < -0.4 is 10.2 Å². The van der Waals surface area contributed by atoms with Gasteiger partial charge in [0.15, 0.2) is 0 Å². The van der Waals surface area contributed by atoms with Crippen molar-refractivity contribution in [2.75, 3.05) is 44.2 Å². The first kappa shape index (κ1) is 20.6. The Morgan fingerprint density at radius 3 is 2.45 bits per heavy atom. The molecular weight excluding hydrogens is 390 g/mol. The molecule has 3 saturated heterocycles. The molecule has 0 radical (unpaired) electrons. The average Bonchev–Trinajstić information content (AvgIpc) is 3.46. The summed E-state index contributed by atoms with van der Waals surface area (Å²) in [6.45, 7) is 4.09. The van der Waals surface area contributed by atoms with E-state index in [-0.39, 0.29) is 16.9 Å². The van der Waals surface area contributed by atoms with E-state index in [0.29, 0.717) is 25.2 Å². The quantitative estimate of drug-likeness (QED) is 0.763. The fraction of sp³-hybridized carbons (Fsp3) is 0.667. The molecule has 0 bridgehead atoms. The van der Waals surface area contributed by atoms with Crippen LogP contribution in [0.15, 0.2) is 23.1 Å². The number of nitrogens with one attached hydrogen (secondary N) is 1. The number of benzene rings is 1. The molecule has 7 nitrogen and oxygen atoms in total. The minimum Gasteiger partial charge on any atom is -0.376 e. The summed E-state index contributed by atoms with van der Waals surface area (Å²) < 4.78 is 33.4. The normalized spacial score (nSPS) is 23.4. The van der Waals surface area contributed by atoms with Gasteiger partial charge in [-0.05, 0) is 56.7 Å². The van der Waals surface area contributed by atoms with Gasteiger partial charge in [-0.25, -0.2) is 8.42 Å². The van der Waals surface area contributed by atoms with E-state index in [2.05, 4.69) is 10.2 Å². The zero-order valence-electron chi connectivity index (χ0n) is 16.9. The molecule has 0 saturated carbocycles. The Morgan fingerprint density at radius 1 is 1.03 bits per heavy atom. The van der Waals surface area contributed by atoms with Crippen LogP contribution in [0.5, 0.6) is 0 Å². The molecule has 160 valence electrons. The minimum absolute atomic E-state index is 0.0504. The molecular formula is C21H31N3O4S. The lowest BCUT2D eigenvalue weighted by Gasteiger charge is -2.27. The summed E-state index contributed by atoms with van der Waals surface area (Å²) in [7, 11) is -3.58. The highest BCUT2D eigenvalue weighted by atomic mass is 32.2. The number of carbonyl (C=O) groups is 1. The highest BCUT2D eigenvalue weighted by Gasteiger charge is 2.29. The molecule has 0 aliphatic carbocycles. The Hall–Kier alpha value is -1.64. The Labute approximate surface area is 173 Å². The topological polar surface area (TPSA) is 78.9 Å². The third-order valence-corrected chi connectivity index (χ3v) is 8.02. The van der Waals surface area contributed by atoms with Crippen LogP contribution in [0.2, 0.25) is 0 Å². The van der Waals surface area contributed by atoms with E-state index < -0.39 is 10.0 Å². The number of piperidine rings is 1. The zero-order valence-corrected chi connectivity index (χ0v) is 17.8. The lowest BCUT2D eigenvalue weighted by atomic mass is 10.1. The van der Waals surface area contributed by atoms with Crippen LogP contribution in [-0.4, -0.2) is 64.1 Å². The van der Waals surface area contributed by atoms with Gasteiger partial charge in [0.25, 0.3) is 5.91 Å². The molecule has 3 aliphatic rings. The summed E-state index contributed by atoms with van der Waals surface area (Å²) in [5, 5.41) is 2.96. The van der Waals surface area contributed by atoms with Crippen molar-refractivity contribution in [3.8, 4) is 0 Å². The SMILES string of the molecule is O=C(NC[C@@H]1CCCO1)c1cc(S(=O)(=O)N2CCCCC2)ccc1N1CCCC1. The van der Waals surface area contributed by atoms with Gasteiger partial charge < -0.3 is 15.0 Å². The maximum atomic E-state index is 13.1. The van der Waals surface area contributed by atoms with Crippen molar-refractivity contribution in [2.45, 2.75) is 55.9 Å². The summed E-state index contributed by atoms with van der Waals surface area (Å²) in [6.07, 6.45) is 7.03. The number of ether oxygens (including phenoxy) is 1. The van der Waals surface area contributed by atoms with E-state index >= 15 is 0 Å². The number of sulfonamides is 1. The average molecular weight is 422 g/mol. The van der Waals surface area contributed by atoms with Crippen LogP contribution in [0.1, 0.15) is 55.3 Å². The standard InChI is InChI=1S/C21H31N3O4S/c25-21(22-16-17-7-6-14-28-17)19-15-18(8-9-20(19)23-10-4-5-11-23)29(26,27)24-12-2-1-3-13-24/h8-9,15,17H,1-7,10-14,16H2,(H,22,25)/t17-/m0/s1. The third kappa shape index (κ3) is 4.59. The molecule has 1 aromatic carbocycles. The van der Waals surface area contributed by atoms with Crippen molar-refractivity contribution in [3.05, 3.63) is 23.8 Å². The van der Waals surface area contributed by atoms with Gasteiger partial charge in [-0.2, -0.15) is 4.31 Å². The van der Waals surface area contributed by atoms with Gasteiger partial charge >= 0.3 is 0 Å². The smallest absolute Gasteiger partial charge is 0.253 e. The summed E-state index contributed by atoms with van der Waals surface area (Å²) in [5.74, 6) is -0.224. The van der Waals surface area contributed by atoms with Crippen LogP contribution in [0, 0.1) is 0 Å². The van der Waals surface area contributed by atoms with E-state index in [9.17, 15) is 13.2 Å². The highest BCUT2D eigenvalue weighted by molar-refractivity contribution is 7.89. The van der Waals surface area contributed by atoms with Crippen molar-refractivity contribution in [1.29, 1.82) is 0 Å². The van der Waals surface area contributed by atoms with Crippen molar-refractivity contribution in [2.24, 2.45) is 0 Å². The fourth-order valence-corrected chi connectivity index (χ4v) is 6.00. The molecule has 1 atom stereocenters. The summed E-state index contributed by atoms with van der Waals surface area (Å²) in [4.78, 5) is 15.4. The fourth-order valence-electron chi connectivity index (χ4n) is 4.45. The molecule has 3 aliphatic heterocycles. The Morgan fingerprint density at radius 2 is 1.76 bits per heavy atom. The van der Waals surface area contributed by atoms with Gasteiger partial charge in [0.2, 0.25) is 10.0 Å². The van der Waals surface area contributed by atoms with Crippen LogP contribution in [0.4, 0.5) is 5.69 Å². The maximum Gasteiger partial charge on any atom is 0.253 e. The van der Waals surface area contributed by atoms with Crippen LogP contribution in [-0.2, 0) is 14.8 Å². The van der Waals surface area contributed by atoms with E-state index in [1.54, 1.807) is 16.4 Å². The molecule has 0 aromatic heterocycles. The van der Waals surface area contributed by atoms with Gasteiger partial charge in [-0.15, -0.1) is 0 Å². The number of rotatable bonds is 6. The van der Waals surface area contributed by atoms with Crippen LogP contribution >= 0.6 is 0 Å². The van der Waals surface area contributed by atoms with E-state index in [1.807, 2.05) is 6.07 Å². The molecule has 4 rings (SSSR count). The number of anilines is 1. The monoisotopic (exact) mass is 421 g/mol. The number of hydrogen-bond acceptors (Lipinski definition) is 5. The van der Waals surface area contributed by atoms with Crippen molar-refractivity contribution < 1.29 is 17.9 Å². The molecule has 3 heterocycles. The van der Waals surface area contributed by atoms with Gasteiger partial charge in [-0.3, -0.25) is 4.79 Å². The molecule has 3 fully saturated rings. The predicted molar refractivity (Wildman–Crippen MR) is 112 cm³/mol. The first-order valence-corrected chi connectivity index (χ1v) is 12.3. The first-order valence-electron chi connectivity index (χ1n) is 10.8. The second-order valence-electron chi connectivity index (χ2n) is 8.18. The summed E-state index contributed by atoms with van der Waals surface area (Å²) in [6, 6.07) is 5.04. The maximum absolute atomic E-state index is 13.1. The Balaban J connectivity index is 1.60.